The molecule has 7 nitrogen and oxygen atoms in total. The highest BCUT2D eigenvalue weighted by atomic mass is 16.6. The molecule has 0 saturated carbocycles. The van der Waals surface area contributed by atoms with Crippen LogP contribution in [-0.2, 0) is 27.3 Å². The number of carbonyl (C=O) groups is 2. The highest BCUT2D eigenvalue weighted by Gasteiger charge is 2.24. The van der Waals surface area contributed by atoms with Gasteiger partial charge in [0, 0.05) is 18.3 Å². The molecule has 172 valence electrons. The largest absolute Gasteiger partial charge is 0.467 e. The smallest absolute Gasteiger partial charge is 0.408 e. The Morgan fingerprint density at radius 3 is 2.24 bits per heavy atom. The van der Waals surface area contributed by atoms with Gasteiger partial charge in [-0.1, -0.05) is 72.8 Å². The van der Waals surface area contributed by atoms with Gasteiger partial charge in [-0.15, -0.1) is 0 Å². The molecule has 1 amide bonds. The van der Waals surface area contributed by atoms with Crippen LogP contribution in [0.2, 0.25) is 0 Å². The van der Waals surface area contributed by atoms with E-state index in [1.807, 2.05) is 83.6 Å². The van der Waals surface area contributed by atoms with Gasteiger partial charge in [-0.3, -0.25) is 0 Å². The zero-order chi connectivity index (χ0) is 23.8. The van der Waals surface area contributed by atoms with Crippen LogP contribution in [0.5, 0.6) is 0 Å². The molecule has 4 aromatic rings. The van der Waals surface area contributed by atoms with E-state index >= 15 is 0 Å². The molecule has 4 rings (SSSR count). The molecule has 3 aromatic carbocycles. The highest BCUT2D eigenvalue weighted by molar-refractivity contribution is 5.81. The van der Waals surface area contributed by atoms with Gasteiger partial charge >= 0.3 is 12.1 Å². The first-order valence-corrected chi connectivity index (χ1v) is 10.9. The molecule has 0 fully saturated rings. The molecule has 1 heterocycles. The number of hydrogen-bond donors (Lipinski definition) is 1. The van der Waals surface area contributed by atoms with Crippen molar-refractivity contribution in [3.05, 3.63) is 109 Å². The minimum Gasteiger partial charge on any atom is -0.467 e. The molecule has 0 bridgehead atoms. The molecule has 0 aliphatic carbocycles. The third kappa shape index (κ3) is 5.89. The maximum atomic E-state index is 12.2. The van der Waals surface area contributed by atoms with Crippen molar-refractivity contribution < 1.29 is 19.1 Å². The van der Waals surface area contributed by atoms with E-state index in [9.17, 15) is 9.59 Å². The number of carbonyl (C=O) groups excluding carboxylic acids is 2. The van der Waals surface area contributed by atoms with E-state index in [0.717, 1.165) is 22.4 Å². The lowest BCUT2D eigenvalue weighted by Gasteiger charge is -2.15. The zero-order valence-electron chi connectivity index (χ0n) is 18.8. The second-order valence-corrected chi connectivity index (χ2v) is 7.67. The SMILES string of the molecule is COC(=O)[C@H](Cc1cn(-c2ccc(-c3ccccc3)cc2)cn1)NC(=O)OCc1ccccc1. The molecule has 0 aliphatic rings. The van der Waals surface area contributed by atoms with Gasteiger partial charge in [0.1, 0.15) is 12.6 Å². The Kier molecular flexibility index (Phi) is 7.35. The summed E-state index contributed by atoms with van der Waals surface area (Å²) in [6, 6.07) is 26.6. The topological polar surface area (TPSA) is 82.5 Å². The van der Waals surface area contributed by atoms with Crippen molar-refractivity contribution in [1.29, 1.82) is 0 Å². The van der Waals surface area contributed by atoms with E-state index < -0.39 is 18.1 Å². The van der Waals surface area contributed by atoms with E-state index in [4.69, 9.17) is 9.47 Å². The summed E-state index contributed by atoms with van der Waals surface area (Å²) in [7, 11) is 1.28. The molecule has 34 heavy (non-hydrogen) atoms. The molecular weight excluding hydrogens is 430 g/mol. The first-order chi connectivity index (χ1) is 16.6. The van der Waals surface area contributed by atoms with Gasteiger partial charge in [0.2, 0.25) is 0 Å². The summed E-state index contributed by atoms with van der Waals surface area (Å²) in [4.78, 5) is 28.9. The van der Waals surface area contributed by atoms with Crippen LogP contribution in [0.25, 0.3) is 16.8 Å². The predicted molar refractivity (Wildman–Crippen MR) is 128 cm³/mol. The summed E-state index contributed by atoms with van der Waals surface area (Å²) in [5, 5.41) is 2.58. The number of amides is 1. The normalized spacial score (nSPS) is 11.4. The summed E-state index contributed by atoms with van der Waals surface area (Å²) >= 11 is 0. The Hall–Kier alpha value is -4.39. The van der Waals surface area contributed by atoms with Crippen molar-refractivity contribution >= 4 is 12.1 Å². The summed E-state index contributed by atoms with van der Waals surface area (Å²) in [6.45, 7) is 0.105. The molecule has 0 spiro atoms. The standard InChI is InChI=1S/C27H25N3O4/c1-33-26(31)25(29-27(32)34-18-20-8-4-2-5-9-20)16-23-17-30(19-28-23)24-14-12-22(13-15-24)21-10-6-3-7-11-21/h2-15,17,19,25H,16,18H2,1H3,(H,29,32)/t25-/m0/s1. The highest BCUT2D eigenvalue weighted by Crippen LogP contribution is 2.21. The van der Waals surface area contributed by atoms with Crippen LogP contribution in [0.1, 0.15) is 11.3 Å². The summed E-state index contributed by atoms with van der Waals surface area (Å²) in [5.41, 5.74) is 4.68. The first kappa shape index (κ1) is 22.8. The fourth-order valence-electron chi connectivity index (χ4n) is 3.52. The lowest BCUT2D eigenvalue weighted by molar-refractivity contribution is -0.143. The van der Waals surface area contributed by atoms with E-state index in [2.05, 4.69) is 22.4 Å². The van der Waals surface area contributed by atoms with E-state index in [1.165, 1.54) is 7.11 Å². The fraction of sp³-hybridized carbons (Fsp3) is 0.148. The van der Waals surface area contributed by atoms with Gasteiger partial charge in [-0.25, -0.2) is 14.6 Å². The van der Waals surface area contributed by atoms with Crippen LogP contribution in [-0.4, -0.2) is 34.8 Å². The second kappa shape index (κ2) is 11.0. The number of alkyl carbamates (subject to hydrolysis) is 1. The molecule has 0 unspecified atom stereocenters. The monoisotopic (exact) mass is 455 g/mol. The van der Waals surface area contributed by atoms with Gasteiger partial charge < -0.3 is 19.4 Å². The number of nitrogens with zero attached hydrogens (tertiary/aromatic N) is 2. The van der Waals surface area contributed by atoms with Gasteiger partial charge in [0.15, 0.2) is 0 Å². The Morgan fingerprint density at radius 2 is 1.56 bits per heavy atom. The van der Waals surface area contributed by atoms with Crippen molar-refractivity contribution in [1.82, 2.24) is 14.9 Å². The Morgan fingerprint density at radius 1 is 0.912 bits per heavy atom. The van der Waals surface area contributed by atoms with Crippen LogP contribution in [0.15, 0.2) is 97.5 Å². The Balaban J connectivity index is 1.39. The zero-order valence-corrected chi connectivity index (χ0v) is 18.8. The average molecular weight is 456 g/mol. The minimum atomic E-state index is -0.919. The van der Waals surface area contributed by atoms with E-state index in [0.29, 0.717) is 5.69 Å². The average Bonchev–Trinajstić information content (AvgIpc) is 3.36. The molecule has 1 N–H and O–H groups in total. The maximum absolute atomic E-state index is 12.2. The summed E-state index contributed by atoms with van der Waals surface area (Å²) in [6.07, 6.45) is 2.97. The number of hydrogen-bond acceptors (Lipinski definition) is 5. The molecule has 0 aliphatic heterocycles. The maximum Gasteiger partial charge on any atom is 0.408 e. The van der Waals surface area contributed by atoms with Gasteiger partial charge in [0.25, 0.3) is 0 Å². The molecule has 7 heteroatoms. The summed E-state index contributed by atoms with van der Waals surface area (Å²) in [5.74, 6) is -0.571. The van der Waals surface area contributed by atoms with Crippen LogP contribution >= 0.6 is 0 Å². The van der Waals surface area contributed by atoms with Crippen molar-refractivity contribution in [2.45, 2.75) is 19.1 Å². The van der Waals surface area contributed by atoms with E-state index in [-0.39, 0.29) is 13.0 Å². The third-order valence-corrected chi connectivity index (χ3v) is 5.31. The van der Waals surface area contributed by atoms with E-state index in [1.54, 1.807) is 6.33 Å². The molecular formula is C27H25N3O4. The van der Waals surface area contributed by atoms with Gasteiger partial charge in [-0.2, -0.15) is 0 Å². The van der Waals surface area contributed by atoms with Crippen LogP contribution < -0.4 is 5.32 Å². The molecule has 1 aromatic heterocycles. The number of esters is 1. The van der Waals surface area contributed by atoms with Crippen molar-refractivity contribution in [3.63, 3.8) is 0 Å². The number of imidazole rings is 1. The number of ether oxygens (including phenoxy) is 2. The Bertz CT molecular complexity index is 1220. The molecule has 0 radical (unpaired) electrons. The van der Waals surface area contributed by atoms with Gasteiger partial charge in [-0.05, 0) is 28.8 Å². The molecule has 0 saturated heterocycles. The number of nitrogens with one attached hydrogen (secondary N) is 1. The van der Waals surface area contributed by atoms with Crippen LogP contribution in [0.4, 0.5) is 4.79 Å². The lowest BCUT2D eigenvalue weighted by Crippen LogP contribution is -2.43. The number of aromatic nitrogens is 2. The van der Waals surface area contributed by atoms with Crippen LogP contribution in [0.3, 0.4) is 0 Å². The predicted octanol–water partition coefficient (Wildman–Crippen LogP) is 4.55. The fourth-order valence-corrected chi connectivity index (χ4v) is 3.52. The third-order valence-electron chi connectivity index (χ3n) is 5.31. The van der Waals surface area contributed by atoms with Crippen molar-refractivity contribution in [2.75, 3.05) is 7.11 Å². The quantitative estimate of drug-likeness (QED) is 0.394. The summed E-state index contributed by atoms with van der Waals surface area (Å²) < 4.78 is 11.9. The number of methoxy groups -OCH3 is 1. The number of rotatable bonds is 8. The lowest BCUT2D eigenvalue weighted by atomic mass is 10.1. The second-order valence-electron chi connectivity index (χ2n) is 7.67. The van der Waals surface area contributed by atoms with Crippen molar-refractivity contribution in [2.24, 2.45) is 0 Å². The van der Waals surface area contributed by atoms with Crippen molar-refractivity contribution in [3.8, 4) is 16.8 Å². The number of benzene rings is 3. The first-order valence-electron chi connectivity index (χ1n) is 10.9. The van der Waals surface area contributed by atoms with Gasteiger partial charge in [0.05, 0.1) is 19.1 Å². The Labute approximate surface area is 198 Å². The minimum absolute atomic E-state index is 0.105. The van der Waals surface area contributed by atoms with Crippen LogP contribution in [0, 0.1) is 0 Å². The molecule has 1 atom stereocenters.